The van der Waals surface area contributed by atoms with E-state index in [-0.39, 0.29) is 34.1 Å². The van der Waals surface area contributed by atoms with Crippen LogP contribution in [0.5, 0.6) is 0 Å². The topological polar surface area (TPSA) is 63.4 Å². The summed E-state index contributed by atoms with van der Waals surface area (Å²) in [6.07, 6.45) is 0. The summed E-state index contributed by atoms with van der Waals surface area (Å²) >= 11 is 8.35. The van der Waals surface area contributed by atoms with Crippen LogP contribution in [0.2, 0.25) is 0 Å². The first-order chi connectivity index (χ1) is 9.26. The van der Waals surface area contributed by atoms with Crippen molar-refractivity contribution < 1.29 is 9.59 Å². The van der Waals surface area contributed by atoms with Crippen LogP contribution in [0.3, 0.4) is 0 Å². The smallest absolute Gasteiger partial charge is 0.238 e. The van der Waals surface area contributed by atoms with Crippen LogP contribution in [0.4, 0.5) is 5.69 Å². The third-order valence-corrected chi connectivity index (χ3v) is 4.98. The summed E-state index contributed by atoms with van der Waals surface area (Å²) in [7, 11) is 0. The van der Waals surface area contributed by atoms with Gasteiger partial charge in [-0.05, 0) is 23.6 Å². The zero-order valence-electron chi connectivity index (χ0n) is 11.0. The summed E-state index contributed by atoms with van der Waals surface area (Å²) in [5, 5.41) is 0. The summed E-state index contributed by atoms with van der Waals surface area (Å²) < 4.78 is 0.800. The lowest BCUT2D eigenvalue weighted by molar-refractivity contribution is -0.125. The maximum atomic E-state index is 12.4. The van der Waals surface area contributed by atoms with E-state index in [2.05, 4.69) is 15.9 Å². The molecule has 0 aromatic heterocycles. The number of thiocarbonyl (C=S) groups is 1. The molecule has 1 aromatic carbocycles. The van der Waals surface area contributed by atoms with Crippen LogP contribution < -0.4 is 10.6 Å². The second kappa shape index (κ2) is 4.11. The van der Waals surface area contributed by atoms with Crippen molar-refractivity contribution in [2.45, 2.75) is 13.8 Å². The minimum atomic E-state index is -0.219. The van der Waals surface area contributed by atoms with Crippen LogP contribution >= 0.6 is 28.1 Å². The molecule has 2 amide bonds. The van der Waals surface area contributed by atoms with Gasteiger partial charge in [0.05, 0.1) is 17.5 Å². The molecule has 104 valence electrons. The van der Waals surface area contributed by atoms with E-state index >= 15 is 0 Å². The van der Waals surface area contributed by atoms with Crippen LogP contribution in [-0.4, -0.2) is 16.8 Å². The summed E-state index contributed by atoms with van der Waals surface area (Å²) in [4.78, 5) is 26.3. The second-order valence-corrected chi connectivity index (χ2v) is 7.17. The number of hydrogen-bond acceptors (Lipinski definition) is 3. The van der Waals surface area contributed by atoms with Gasteiger partial charge in [-0.2, -0.15) is 0 Å². The Morgan fingerprint density at radius 2 is 1.85 bits per heavy atom. The second-order valence-electron chi connectivity index (χ2n) is 5.81. The van der Waals surface area contributed by atoms with E-state index in [1.165, 1.54) is 4.90 Å². The number of imide groups is 1. The van der Waals surface area contributed by atoms with Gasteiger partial charge in [-0.25, -0.2) is 4.90 Å². The van der Waals surface area contributed by atoms with Gasteiger partial charge in [0.1, 0.15) is 4.99 Å². The van der Waals surface area contributed by atoms with Gasteiger partial charge in [-0.3, -0.25) is 9.59 Å². The van der Waals surface area contributed by atoms with Crippen molar-refractivity contribution in [3.05, 3.63) is 28.2 Å². The molecule has 1 saturated heterocycles. The fourth-order valence-corrected chi connectivity index (χ4v) is 3.61. The molecule has 0 bridgehead atoms. The van der Waals surface area contributed by atoms with Crippen molar-refractivity contribution in [2.75, 3.05) is 4.90 Å². The summed E-state index contributed by atoms with van der Waals surface area (Å²) in [6, 6.07) is 5.20. The molecule has 0 radical (unpaired) electrons. The Morgan fingerprint density at radius 1 is 1.30 bits per heavy atom. The summed E-state index contributed by atoms with van der Waals surface area (Å²) in [5.41, 5.74) is 6.51. The van der Waals surface area contributed by atoms with Crippen LogP contribution in [-0.2, 0) is 9.59 Å². The standard InChI is InChI=1S/C14H13BrN2O2S/c1-14(2)9-10(14)13(19)17(12(9)18)8-4-3-6(15)5-7(8)11(16)20/h3-5,9-10H,1-2H3,(H2,16,20). The van der Waals surface area contributed by atoms with Crippen molar-refractivity contribution in [1.29, 1.82) is 0 Å². The molecule has 1 saturated carbocycles. The predicted octanol–water partition coefficient (Wildman–Crippen LogP) is 2.23. The lowest BCUT2D eigenvalue weighted by Crippen LogP contribution is -2.37. The highest BCUT2D eigenvalue weighted by Crippen LogP contribution is 2.63. The number of carbonyl (C=O) groups is 2. The van der Waals surface area contributed by atoms with Crippen molar-refractivity contribution in [2.24, 2.45) is 23.0 Å². The van der Waals surface area contributed by atoms with Gasteiger partial charge in [0.25, 0.3) is 0 Å². The number of rotatable bonds is 2. The molecule has 6 heteroatoms. The van der Waals surface area contributed by atoms with Crippen molar-refractivity contribution in [1.82, 2.24) is 0 Å². The highest BCUT2D eigenvalue weighted by Gasteiger charge is 2.72. The number of anilines is 1. The van der Waals surface area contributed by atoms with E-state index < -0.39 is 0 Å². The SMILES string of the molecule is CC1(C)C2C(=O)N(c3ccc(Br)cc3C(N)=S)C(=O)C21. The molecule has 1 aliphatic carbocycles. The van der Waals surface area contributed by atoms with E-state index in [0.717, 1.165) is 4.47 Å². The Morgan fingerprint density at radius 3 is 2.35 bits per heavy atom. The number of benzene rings is 1. The third kappa shape index (κ3) is 1.67. The largest absolute Gasteiger partial charge is 0.389 e. The number of halogens is 1. The third-order valence-electron chi connectivity index (χ3n) is 4.27. The van der Waals surface area contributed by atoms with Gasteiger partial charge in [-0.1, -0.05) is 42.0 Å². The monoisotopic (exact) mass is 352 g/mol. The Hall–Kier alpha value is -1.27. The summed E-state index contributed by atoms with van der Waals surface area (Å²) in [6.45, 7) is 3.90. The first-order valence-corrected chi connectivity index (χ1v) is 7.44. The molecule has 1 aromatic rings. The van der Waals surface area contributed by atoms with Crippen molar-refractivity contribution in [3.63, 3.8) is 0 Å². The molecule has 2 fully saturated rings. The molecular formula is C14H13BrN2O2S. The molecule has 0 spiro atoms. The molecule has 2 atom stereocenters. The van der Waals surface area contributed by atoms with Crippen molar-refractivity contribution in [3.8, 4) is 0 Å². The average Bonchev–Trinajstić information content (AvgIpc) is 2.81. The van der Waals surface area contributed by atoms with Gasteiger partial charge in [0.15, 0.2) is 0 Å². The zero-order chi connectivity index (χ0) is 14.8. The molecular weight excluding hydrogens is 340 g/mol. The molecule has 3 rings (SSSR count). The number of carbonyl (C=O) groups excluding carboxylic acids is 2. The van der Waals surface area contributed by atoms with E-state index in [9.17, 15) is 9.59 Å². The van der Waals surface area contributed by atoms with Crippen molar-refractivity contribution >= 4 is 50.6 Å². The summed E-state index contributed by atoms with van der Waals surface area (Å²) in [5.74, 6) is -0.717. The quantitative estimate of drug-likeness (QED) is 0.654. The molecule has 1 heterocycles. The first-order valence-electron chi connectivity index (χ1n) is 6.24. The van der Waals surface area contributed by atoms with E-state index in [0.29, 0.717) is 11.3 Å². The highest BCUT2D eigenvalue weighted by atomic mass is 79.9. The number of fused-ring (bicyclic) bond motifs is 1. The Kier molecular flexibility index (Phi) is 2.82. The normalized spacial score (nSPS) is 26.6. The highest BCUT2D eigenvalue weighted by molar-refractivity contribution is 9.10. The van der Waals surface area contributed by atoms with E-state index in [1.807, 2.05) is 13.8 Å². The predicted molar refractivity (Wildman–Crippen MR) is 83.3 cm³/mol. The number of piperidine rings is 1. The maximum absolute atomic E-state index is 12.4. The van der Waals surface area contributed by atoms with Gasteiger partial charge in [0, 0.05) is 10.0 Å². The van der Waals surface area contributed by atoms with E-state index in [1.54, 1.807) is 18.2 Å². The van der Waals surface area contributed by atoms with Crippen LogP contribution in [0.1, 0.15) is 19.4 Å². The lowest BCUT2D eigenvalue weighted by Gasteiger charge is -2.23. The van der Waals surface area contributed by atoms with Gasteiger partial charge >= 0.3 is 0 Å². The minimum Gasteiger partial charge on any atom is -0.389 e. The fourth-order valence-electron chi connectivity index (χ4n) is 3.08. The number of amides is 2. The van der Waals surface area contributed by atoms with Crippen LogP contribution in [0.15, 0.2) is 22.7 Å². The number of nitrogens with zero attached hydrogens (tertiary/aromatic N) is 1. The van der Waals surface area contributed by atoms with E-state index in [4.69, 9.17) is 18.0 Å². The molecule has 2 aliphatic rings. The maximum Gasteiger partial charge on any atom is 0.238 e. The first kappa shape index (κ1) is 13.7. The van der Waals surface area contributed by atoms with Crippen LogP contribution in [0, 0.1) is 17.3 Å². The minimum absolute atomic E-state index is 0.148. The molecule has 4 nitrogen and oxygen atoms in total. The zero-order valence-corrected chi connectivity index (χ0v) is 13.4. The fraction of sp³-hybridized carbons (Fsp3) is 0.357. The Bertz CT molecular complexity index is 647. The molecule has 2 unspecified atom stereocenters. The number of nitrogens with two attached hydrogens (primary N) is 1. The van der Waals surface area contributed by atoms with Gasteiger partial charge < -0.3 is 5.73 Å². The molecule has 20 heavy (non-hydrogen) atoms. The van der Waals surface area contributed by atoms with Gasteiger partial charge in [-0.15, -0.1) is 0 Å². The lowest BCUT2D eigenvalue weighted by atomic mass is 10.0. The number of hydrogen-bond donors (Lipinski definition) is 1. The van der Waals surface area contributed by atoms with Gasteiger partial charge in [0.2, 0.25) is 11.8 Å². The molecule has 2 N–H and O–H groups in total. The average molecular weight is 353 g/mol. The van der Waals surface area contributed by atoms with Crippen LogP contribution in [0.25, 0.3) is 0 Å². The Balaban J connectivity index is 2.06. The Labute approximate surface area is 130 Å². The molecule has 1 aliphatic heterocycles.